The van der Waals surface area contributed by atoms with E-state index >= 15 is 0 Å². The second-order valence-corrected chi connectivity index (χ2v) is 2.21. The standard InChI is InChI=1S/C5H12N2O2/c1-7(2)3-4(6)5(8)9/h4H,3,6H2,1-2H3,(H,8,9)/t4-/m1/s1. The summed E-state index contributed by atoms with van der Waals surface area (Å²) >= 11 is 0. The Morgan fingerprint density at radius 2 is 2.22 bits per heavy atom. The lowest BCUT2D eigenvalue weighted by molar-refractivity contribution is -0.138. The molecule has 0 aromatic heterocycles. The lowest BCUT2D eigenvalue weighted by atomic mass is 10.3. The summed E-state index contributed by atoms with van der Waals surface area (Å²) in [4.78, 5) is 11.8. The van der Waals surface area contributed by atoms with E-state index in [0.717, 1.165) is 0 Å². The summed E-state index contributed by atoms with van der Waals surface area (Å²) in [7, 11) is 3.56. The second-order valence-electron chi connectivity index (χ2n) is 2.21. The summed E-state index contributed by atoms with van der Waals surface area (Å²) in [6.45, 7) is 0.384. The Morgan fingerprint density at radius 1 is 1.78 bits per heavy atom. The van der Waals surface area contributed by atoms with Gasteiger partial charge in [0.05, 0.1) is 0 Å². The van der Waals surface area contributed by atoms with Crippen LogP contribution in [0.25, 0.3) is 0 Å². The van der Waals surface area contributed by atoms with Gasteiger partial charge >= 0.3 is 5.97 Å². The van der Waals surface area contributed by atoms with Crippen LogP contribution in [0.15, 0.2) is 0 Å². The number of carboxylic acids is 1. The van der Waals surface area contributed by atoms with Crippen LogP contribution in [0.1, 0.15) is 0 Å². The third-order valence-electron chi connectivity index (χ3n) is 0.879. The average molecular weight is 132 g/mol. The Kier molecular flexibility index (Phi) is 3.19. The van der Waals surface area contributed by atoms with Gasteiger partial charge in [0, 0.05) is 6.54 Å². The smallest absolute Gasteiger partial charge is 0.321 e. The first kappa shape index (κ1) is 8.39. The first-order valence-corrected chi connectivity index (χ1v) is 2.67. The molecular weight excluding hydrogens is 120 g/mol. The summed E-state index contributed by atoms with van der Waals surface area (Å²) in [6.07, 6.45) is 0. The van der Waals surface area contributed by atoms with Gasteiger partial charge < -0.3 is 15.7 Å². The highest BCUT2D eigenvalue weighted by Gasteiger charge is 2.10. The van der Waals surface area contributed by atoms with E-state index < -0.39 is 12.0 Å². The number of rotatable bonds is 3. The molecule has 4 heteroatoms. The van der Waals surface area contributed by atoms with E-state index in [0.29, 0.717) is 6.54 Å². The van der Waals surface area contributed by atoms with E-state index in [9.17, 15) is 4.79 Å². The Balaban J connectivity index is 3.50. The summed E-state index contributed by atoms with van der Waals surface area (Å²) in [5.41, 5.74) is 5.18. The van der Waals surface area contributed by atoms with Crippen LogP contribution in [0, 0.1) is 0 Å². The molecular formula is C5H12N2O2. The fraction of sp³-hybridized carbons (Fsp3) is 0.800. The first-order chi connectivity index (χ1) is 4.04. The van der Waals surface area contributed by atoms with Crippen molar-refractivity contribution in [2.75, 3.05) is 20.6 Å². The van der Waals surface area contributed by atoms with Crippen LogP contribution in [0.5, 0.6) is 0 Å². The molecule has 0 radical (unpaired) electrons. The molecule has 0 fully saturated rings. The van der Waals surface area contributed by atoms with Crippen LogP contribution in [0.3, 0.4) is 0 Å². The van der Waals surface area contributed by atoms with Gasteiger partial charge in [-0.15, -0.1) is 0 Å². The second kappa shape index (κ2) is 3.42. The Bertz CT molecular complexity index is 103. The molecule has 0 rings (SSSR count). The molecule has 0 aliphatic heterocycles. The van der Waals surface area contributed by atoms with Crippen molar-refractivity contribution in [1.29, 1.82) is 0 Å². The predicted molar refractivity (Wildman–Crippen MR) is 34.2 cm³/mol. The summed E-state index contributed by atoms with van der Waals surface area (Å²) in [5, 5.41) is 8.28. The molecule has 1 atom stereocenters. The molecule has 0 aliphatic carbocycles. The number of nitrogens with zero attached hydrogens (tertiary/aromatic N) is 1. The number of likely N-dealkylation sites (N-methyl/N-ethyl adjacent to an activating group) is 1. The van der Waals surface area contributed by atoms with Crippen LogP contribution < -0.4 is 5.73 Å². The lowest BCUT2D eigenvalue weighted by Gasteiger charge is -2.11. The molecule has 0 unspecified atom stereocenters. The number of hydrogen-bond acceptors (Lipinski definition) is 3. The molecule has 54 valence electrons. The molecule has 0 heterocycles. The minimum atomic E-state index is -0.955. The largest absolute Gasteiger partial charge is 0.480 e. The third kappa shape index (κ3) is 3.93. The van der Waals surface area contributed by atoms with E-state index in [2.05, 4.69) is 0 Å². The predicted octanol–water partition coefficient (Wildman–Crippen LogP) is -1.04. The van der Waals surface area contributed by atoms with Gasteiger partial charge in [-0.25, -0.2) is 0 Å². The molecule has 9 heavy (non-hydrogen) atoms. The SMILES string of the molecule is CN(C)C[C@@H](N)C(=O)O. The van der Waals surface area contributed by atoms with Crippen molar-refractivity contribution in [3.63, 3.8) is 0 Å². The van der Waals surface area contributed by atoms with Crippen molar-refractivity contribution >= 4 is 5.97 Å². The highest BCUT2D eigenvalue weighted by Crippen LogP contribution is 1.80. The van der Waals surface area contributed by atoms with Crippen molar-refractivity contribution in [2.24, 2.45) is 5.73 Å². The number of nitrogens with two attached hydrogens (primary N) is 1. The minimum absolute atomic E-state index is 0.384. The summed E-state index contributed by atoms with van der Waals surface area (Å²) in [5.74, 6) is -0.955. The van der Waals surface area contributed by atoms with Crippen molar-refractivity contribution in [1.82, 2.24) is 4.90 Å². The Morgan fingerprint density at radius 3 is 2.33 bits per heavy atom. The maximum absolute atomic E-state index is 10.1. The third-order valence-corrected chi connectivity index (χ3v) is 0.879. The van der Waals surface area contributed by atoms with Crippen LogP contribution in [0.2, 0.25) is 0 Å². The van der Waals surface area contributed by atoms with E-state index in [1.165, 1.54) is 0 Å². The number of carbonyl (C=O) groups is 1. The van der Waals surface area contributed by atoms with Crippen LogP contribution in [-0.2, 0) is 4.79 Å². The zero-order valence-electron chi connectivity index (χ0n) is 5.66. The van der Waals surface area contributed by atoms with Gasteiger partial charge in [-0.1, -0.05) is 0 Å². The normalized spacial score (nSPS) is 13.8. The quantitative estimate of drug-likeness (QED) is 0.514. The number of carboxylic acid groups (broad SMARTS) is 1. The first-order valence-electron chi connectivity index (χ1n) is 2.67. The van der Waals surface area contributed by atoms with Gasteiger partial charge in [-0.05, 0) is 14.1 Å². The van der Waals surface area contributed by atoms with Gasteiger partial charge in [-0.3, -0.25) is 4.79 Å². The van der Waals surface area contributed by atoms with E-state index in [1.807, 2.05) is 0 Å². The summed E-state index contributed by atoms with van der Waals surface area (Å²) in [6, 6.07) is -0.764. The molecule has 0 bridgehead atoms. The molecule has 0 spiro atoms. The number of hydrogen-bond donors (Lipinski definition) is 2. The number of aliphatic carboxylic acids is 1. The van der Waals surface area contributed by atoms with Crippen molar-refractivity contribution in [3.8, 4) is 0 Å². The zero-order chi connectivity index (χ0) is 7.44. The van der Waals surface area contributed by atoms with Crippen LogP contribution >= 0.6 is 0 Å². The van der Waals surface area contributed by atoms with Gasteiger partial charge in [0.2, 0.25) is 0 Å². The summed E-state index contributed by atoms with van der Waals surface area (Å²) < 4.78 is 0. The Labute approximate surface area is 54.3 Å². The fourth-order valence-corrected chi connectivity index (χ4v) is 0.471. The van der Waals surface area contributed by atoms with Crippen molar-refractivity contribution < 1.29 is 9.90 Å². The molecule has 0 saturated carbocycles. The lowest BCUT2D eigenvalue weighted by Crippen LogP contribution is -2.39. The minimum Gasteiger partial charge on any atom is -0.480 e. The zero-order valence-corrected chi connectivity index (χ0v) is 5.66. The van der Waals surface area contributed by atoms with Crippen molar-refractivity contribution in [2.45, 2.75) is 6.04 Å². The van der Waals surface area contributed by atoms with Gasteiger partial charge in [-0.2, -0.15) is 0 Å². The van der Waals surface area contributed by atoms with Crippen LogP contribution in [-0.4, -0.2) is 42.7 Å². The maximum Gasteiger partial charge on any atom is 0.321 e. The van der Waals surface area contributed by atoms with E-state index in [-0.39, 0.29) is 0 Å². The fourth-order valence-electron chi connectivity index (χ4n) is 0.471. The van der Waals surface area contributed by atoms with Gasteiger partial charge in [0.15, 0.2) is 0 Å². The topological polar surface area (TPSA) is 66.6 Å². The highest BCUT2D eigenvalue weighted by atomic mass is 16.4. The molecule has 4 nitrogen and oxygen atoms in total. The molecule has 0 saturated heterocycles. The molecule has 0 aromatic rings. The van der Waals surface area contributed by atoms with Gasteiger partial charge in [0.25, 0.3) is 0 Å². The maximum atomic E-state index is 10.1. The monoisotopic (exact) mass is 132 g/mol. The van der Waals surface area contributed by atoms with Gasteiger partial charge in [0.1, 0.15) is 6.04 Å². The molecule has 0 amide bonds. The molecule has 3 N–H and O–H groups in total. The molecule has 0 aliphatic rings. The van der Waals surface area contributed by atoms with E-state index in [4.69, 9.17) is 10.8 Å². The van der Waals surface area contributed by atoms with Crippen molar-refractivity contribution in [3.05, 3.63) is 0 Å². The average Bonchev–Trinajstić information content (AvgIpc) is 1.63. The van der Waals surface area contributed by atoms with Crippen LogP contribution in [0.4, 0.5) is 0 Å². The molecule has 0 aromatic carbocycles. The highest BCUT2D eigenvalue weighted by molar-refractivity contribution is 5.73. The Hall–Kier alpha value is -0.610. The van der Waals surface area contributed by atoms with E-state index in [1.54, 1.807) is 19.0 Å².